The van der Waals surface area contributed by atoms with Crippen molar-refractivity contribution in [2.24, 2.45) is 5.73 Å². The van der Waals surface area contributed by atoms with Gasteiger partial charge in [-0.2, -0.15) is 0 Å². The highest BCUT2D eigenvalue weighted by Gasteiger charge is 2.14. The van der Waals surface area contributed by atoms with E-state index in [0.717, 1.165) is 11.1 Å². The number of rotatable bonds is 5. The van der Waals surface area contributed by atoms with Gasteiger partial charge >= 0.3 is 5.97 Å². The van der Waals surface area contributed by atoms with Crippen LogP contribution in [-0.4, -0.2) is 18.0 Å². The summed E-state index contributed by atoms with van der Waals surface area (Å²) in [6.07, 6.45) is -0.180. The van der Waals surface area contributed by atoms with E-state index in [1.54, 1.807) is 0 Å². The van der Waals surface area contributed by atoms with Crippen molar-refractivity contribution in [3.05, 3.63) is 34.3 Å². The first-order valence-electron chi connectivity index (χ1n) is 5.64. The molecule has 0 saturated heterocycles. The van der Waals surface area contributed by atoms with Gasteiger partial charge in [-0.05, 0) is 37.5 Å². The normalized spacial score (nSPS) is 11.9. The molecule has 0 aliphatic carbocycles. The lowest BCUT2D eigenvalue weighted by Crippen LogP contribution is -2.30. The number of ether oxygens (including phenoxy) is 1. The zero-order chi connectivity index (χ0) is 13.7. The third-order valence-electron chi connectivity index (χ3n) is 2.56. The van der Waals surface area contributed by atoms with E-state index in [2.05, 4.69) is 0 Å². The van der Waals surface area contributed by atoms with E-state index >= 15 is 0 Å². The largest absolute Gasteiger partial charge is 0.453 e. The number of halogens is 1. The van der Waals surface area contributed by atoms with E-state index in [1.807, 2.05) is 25.1 Å². The molecule has 98 valence electrons. The predicted molar refractivity (Wildman–Crippen MR) is 69.3 cm³/mol. The molecule has 0 radical (unpaired) electrons. The summed E-state index contributed by atoms with van der Waals surface area (Å²) in [5, 5.41) is 0.673. The monoisotopic (exact) mass is 269 g/mol. The lowest BCUT2D eigenvalue weighted by molar-refractivity contribution is -0.153. The first-order chi connectivity index (χ1) is 8.40. The van der Waals surface area contributed by atoms with Crippen molar-refractivity contribution < 1.29 is 14.3 Å². The van der Waals surface area contributed by atoms with Crippen LogP contribution in [0.5, 0.6) is 0 Å². The third kappa shape index (κ3) is 4.37. The zero-order valence-corrected chi connectivity index (χ0v) is 11.2. The Balaban J connectivity index is 2.47. The van der Waals surface area contributed by atoms with Gasteiger partial charge in [-0.25, -0.2) is 0 Å². The molecule has 0 bridgehead atoms. The lowest BCUT2D eigenvalue weighted by atomic mass is 10.1. The number of hydrogen-bond donors (Lipinski definition) is 1. The molecule has 0 aromatic heterocycles. The first kappa shape index (κ1) is 14.5. The highest BCUT2D eigenvalue weighted by molar-refractivity contribution is 6.31. The average molecular weight is 270 g/mol. The van der Waals surface area contributed by atoms with Crippen LogP contribution in [0.3, 0.4) is 0 Å². The van der Waals surface area contributed by atoms with Gasteiger partial charge in [-0.15, -0.1) is 0 Å². The second-order valence-corrected chi connectivity index (χ2v) is 4.53. The Morgan fingerprint density at radius 2 is 2.11 bits per heavy atom. The maximum absolute atomic E-state index is 11.4. The molecule has 0 unspecified atom stereocenters. The van der Waals surface area contributed by atoms with Gasteiger partial charge in [0, 0.05) is 11.4 Å². The molecular formula is C13H16ClNO3. The van der Waals surface area contributed by atoms with E-state index < -0.39 is 18.0 Å². The van der Waals surface area contributed by atoms with Crippen LogP contribution >= 0.6 is 11.6 Å². The molecule has 0 fully saturated rings. The molecule has 1 aromatic carbocycles. The van der Waals surface area contributed by atoms with E-state index in [-0.39, 0.29) is 6.42 Å². The second-order valence-electron chi connectivity index (χ2n) is 4.12. The average Bonchev–Trinajstić information content (AvgIpc) is 2.30. The summed E-state index contributed by atoms with van der Waals surface area (Å²) in [6.45, 7) is 3.36. The van der Waals surface area contributed by atoms with Crippen molar-refractivity contribution in [2.75, 3.05) is 0 Å². The van der Waals surface area contributed by atoms with Gasteiger partial charge in [0.15, 0.2) is 6.10 Å². The predicted octanol–water partition coefficient (Wildman–Crippen LogP) is 2.00. The van der Waals surface area contributed by atoms with Crippen LogP contribution < -0.4 is 5.73 Å². The van der Waals surface area contributed by atoms with E-state index in [9.17, 15) is 9.59 Å². The van der Waals surface area contributed by atoms with Gasteiger partial charge in [0.2, 0.25) is 0 Å². The Morgan fingerprint density at radius 3 is 2.67 bits per heavy atom. The number of benzene rings is 1. The van der Waals surface area contributed by atoms with Crippen LogP contribution in [0.2, 0.25) is 5.02 Å². The minimum Gasteiger partial charge on any atom is -0.453 e. The zero-order valence-electron chi connectivity index (χ0n) is 10.4. The molecule has 0 heterocycles. The van der Waals surface area contributed by atoms with Gasteiger partial charge in [0.1, 0.15) is 0 Å². The Kier molecular flexibility index (Phi) is 5.16. The minimum atomic E-state index is -0.890. The topological polar surface area (TPSA) is 69.4 Å². The molecule has 0 aliphatic rings. The van der Waals surface area contributed by atoms with Gasteiger partial charge in [-0.1, -0.05) is 23.7 Å². The fourth-order valence-corrected chi connectivity index (χ4v) is 1.56. The number of carbonyl (C=O) groups is 2. The van der Waals surface area contributed by atoms with Crippen molar-refractivity contribution in [3.63, 3.8) is 0 Å². The Morgan fingerprint density at radius 1 is 1.44 bits per heavy atom. The Labute approximate surface area is 111 Å². The van der Waals surface area contributed by atoms with Crippen LogP contribution in [0.1, 0.15) is 24.5 Å². The number of nitrogens with two attached hydrogens (primary N) is 1. The molecule has 1 aromatic rings. The Bertz CT molecular complexity index is 460. The SMILES string of the molecule is Cc1ccc(CCC(=O)O[C@@H](C)C(N)=O)cc1Cl. The molecule has 0 saturated carbocycles. The van der Waals surface area contributed by atoms with Crippen molar-refractivity contribution in [1.82, 2.24) is 0 Å². The molecule has 5 heteroatoms. The number of carbonyl (C=O) groups excluding carboxylic acids is 2. The molecular weight excluding hydrogens is 254 g/mol. The van der Waals surface area contributed by atoms with E-state index in [0.29, 0.717) is 11.4 Å². The number of amides is 1. The summed E-state index contributed by atoms with van der Waals surface area (Å²) in [7, 11) is 0. The molecule has 1 amide bonds. The summed E-state index contributed by atoms with van der Waals surface area (Å²) in [5.41, 5.74) is 6.94. The smallest absolute Gasteiger partial charge is 0.306 e. The number of esters is 1. The van der Waals surface area contributed by atoms with Crippen LogP contribution in [0, 0.1) is 6.92 Å². The van der Waals surface area contributed by atoms with Crippen molar-refractivity contribution >= 4 is 23.5 Å². The molecule has 0 spiro atoms. The lowest BCUT2D eigenvalue weighted by Gasteiger charge is -2.09. The summed E-state index contributed by atoms with van der Waals surface area (Å²) in [6, 6.07) is 5.63. The van der Waals surface area contributed by atoms with Crippen molar-refractivity contribution in [2.45, 2.75) is 32.8 Å². The fraction of sp³-hybridized carbons (Fsp3) is 0.385. The number of aryl methyl sites for hydroxylation is 2. The number of primary amides is 1. The summed E-state index contributed by atoms with van der Waals surface area (Å²) in [4.78, 5) is 22.1. The van der Waals surface area contributed by atoms with Gasteiger partial charge in [0.05, 0.1) is 0 Å². The van der Waals surface area contributed by atoms with E-state index in [1.165, 1.54) is 6.92 Å². The van der Waals surface area contributed by atoms with Crippen LogP contribution in [0.15, 0.2) is 18.2 Å². The van der Waals surface area contributed by atoms with Crippen molar-refractivity contribution in [1.29, 1.82) is 0 Å². The highest BCUT2D eigenvalue weighted by Crippen LogP contribution is 2.17. The highest BCUT2D eigenvalue weighted by atomic mass is 35.5. The molecule has 1 atom stereocenters. The van der Waals surface area contributed by atoms with Gasteiger partial charge in [0.25, 0.3) is 5.91 Å². The second kappa shape index (κ2) is 6.40. The minimum absolute atomic E-state index is 0.191. The molecule has 4 nitrogen and oxygen atoms in total. The van der Waals surface area contributed by atoms with Gasteiger partial charge in [-0.3, -0.25) is 9.59 Å². The van der Waals surface area contributed by atoms with E-state index in [4.69, 9.17) is 22.1 Å². The third-order valence-corrected chi connectivity index (χ3v) is 2.97. The summed E-state index contributed by atoms with van der Waals surface area (Å²) >= 11 is 5.98. The quantitative estimate of drug-likeness (QED) is 0.831. The number of hydrogen-bond acceptors (Lipinski definition) is 3. The summed E-state index contributed by atoms with van der Waals surface area (Å²) in [5.74, 6) is -1.10. The molecule has 0 aliphatic heterocycles. The van der Waals surface area contributed by atoms with Crippen LogP contribution in [-0.2, 0) is 20.7 Å². The molecule has 18 heavy (non-hydrogen) atoms. The Hall–Kier alpha value is -1.55. The summed E-state index contributed by atoms with van der Waals surface area (Å²) < 4.78 is 4.84. The standard InChI is InChI=1S/C13H16ClNO3/c1-8-3-4-10(7-11(8)14)5-6-12(16)18-9(2)13(15)17/h3-4,7,9H,5-6H2,1-2H3,(H2,15,17)/t9-/m0/s1. The van der Waals surface area contributed by atoms with Crippen LogP contribution in [0.25, 0.3) is 0 Å². The van der Waals surface area contributed by atoms with Gasteiger partial charge < -0.3 is 10.5 Å². The maximum Gasteiger partial charge on any atom is 0.306 e. The first-order valence-corrected chi connectivity index (χ1v) is 6.01. The molecule has 2 N–H and O–H groups in total. The van der Waals surface area contributed by atoms with Crippen molar-refractivity contribution in [3.8, 4) is 0 Å². The molecule has 1 rings (SSSR count). The van der Waals surface area contributed by atoms with Crippen LogP contribution in [0.4, 0.5) is 0 Å². The fourth-order valence-electron chi connectivity index (χ4n) is 1.35. The maximum atomic E-state index is 11.4.